The molecule has 0 aliphatic carbocycles. The lowest BCUT2D eigenvalue weighted by Gasteiger charge is -2.33. The Hall–Kier alpha value is -1.00. The summed E-state index contributed by atoms with van der Waals surface area (Å²) < 4.78 is 26.9. The van der Waals surface area contributed by atoms with Crippen molar-refractivity contribution < 1.29 is 8.78 Å². The monoisotopic (exact) mass is 296 g/mol. The first-order valence-electron chi connectivity index (χ1n) is 8.01. The topological polar surface area (TPSA) is 15.3 Å². The Bertz CT molecular complexity index is 450. The van der Waals surface area contributed by atoms with E-state index in [9.17, 15) is 8.78 Å². The van der Waals surface area contributed by atoms with Gasteiger partial charge in [-0.3, -0.25) is 0 Å². The molecule has 1 saturated heterocycles. The van der Waals surface area contributed by atoms with Crippen LogP contribution in [0, 0.1) is 11.6 Å². The van der Waals surface area contributed by atoms with Crippen LogP contribution in [-0.4, -0.2) is 30.6 Å². The van der Waals surface area contributed by atoms with Crippen LogP contribution < -0.4 is 5.32 Å². The number of hydrogen-bond donors (Lipinski definition) is 1. The molecule has 0 saturated carbocycles. The predicted octanol–water partition coefficient (Wildman–Crippen LogP) is 3.88. The molecule has 0 aromatic heterocycles. The number of nitrogens with one attached hydrogen (secondary N) is 1. The second kappa shape index (κ2) is 7.85. The van der Waals surface area contributed by atoms with Gasteiger partial charge >= 0.3 is 0 Å². The van der Waals surface area contributed by atoms with Gasteiger partial charge in [0.05, 0.1) is 0 Å². The quantitative estimate of drug-likeness (QED) is 0.801. The SMILES string of the molecule is CC(NCCCN1CCCCC1C)c1cccc(F)c1F. The average Bonchev–Trinajstić information content (AvgIpc) is 2.48. The number of nitrogens with zero attached hydrogens (tertiary/aromatic N) is 1. The van der Waals surface area contributed by atoms with Gasteiger partial charge in [-0.15, -0.1) is 0 Å². The Kier molecular flexibility index (Phi) is 6.12. The van der Waals surface area contributed by atoms with Crippen molar-refractivity contribution in [1.82, 2.24) is 10.2 Å². The van der Waals surface area contributed by atoms with Crippen molar-refractivity contribution in [2.75, 3.05) is 19.6 Å². The first kappa shape index (κ1) is 16.4. The number of benzene rings is 1. The lowest BCUT2D eigenvalue weighted by atomic mass is 10.0. The summed E-state index contributed by atoms with van der Waals surface area (Å²) in [6, 6.07) is 4.87. The van der Waals surface area contributed by atoms with E-state index in [1.54, 1.807) is 12.1 Å². The van der Waals surface area contributed by atoms with Crippen molar-refractivity contribution in [2.45, 2.75) is 51.6 Å². The maximum Gasteiger partial charge on any atom is 0.163 e. The van der Waals surface area contributed by atoms with Crippen LogP contribution in [-0.2, 0) is 0 Å². The van der Waals surface area contributed by atoms with Crippen molar-refractivity contribution in [1.29, 1.82) is 0 Å². The molecule has 0 spiro atoms. The highest BCUT2D eigenvalue weighted by molar-refractivity contribution is 5.21. The molecule has 1 N–H and O–H groups in total. The van der Waals surface area contributed by atoms with Crippen LogP contribution in [0.5, 0.6) is 0 Å². The van der Waals surface area contributed by atoms with Crippen LogP contribution in [0.15, 0.2) is 18.2 Å². The van der Waals surface area contributed by atoms with Crippen molar-refractivity contribution in [3.63, 3.8) is 0 Å². The third kappa shape index (κ3) is 4.48. The van der Waals surface area contributed by atoms with Crippen LogP contribution in [0.3, 0.4) is 0 Å². The molecule has 21 heavy (non-hydrogen) atoms. The zero-order valence-electron chi connectivity index (χ0n) is 13.0. The molecule has 118 valence electrons. The van der Waals surface area contributed by atoms with E-state index >= 15 is 0 Å². The first-order chi connectivity index (χ1) is 10.1. The van der Waals surface area contributed by atoms with Gasteiger partial charge in [-0.05, 0) is 58.8 Å². The third-order valence-corrected chi connectivity index (χ3v) is 4.46. The molecule has 0 bridgehead atoms. The minimum atomic E-state index is -0.775. The number of rotatable bonds is 6. The lowest BCUT2D eigenvalue weighted by molar-refractivity contribution is 0.158. The summed E-state index contributed by atoms with van der Waals surface area (Å²) in [5.41, 5.74) is 0.404. The third-order valence-electron chi connectivity index (χ3n) is 4.46. The van der Waals surface area contributed by atoms with Gasteiger partial charge in [0.15, 0.2) is 11.6 Å². The molecule has 0 radical (unpaired) electrons. The van der Waals surface area contributed by atoms with Crippen molar-refractivity contribution in [3.05, 3.63) is 35.4 Å². The second-order valence-electron chi connectivity index (χ2n) is 6.05. The van der Waals surface area contributed by atoms with Crippen molar-refractivity contribution >= 4 is 0 Å². The molecule has 2 unspecified atom stereocenters. The van der Waals surface area contributed by atoms with E-state index in [-0.39, 0.29) is 6.04 Å². The molecule has 2 rings (SSSR count). The molecule has 2 atom stereocenters. The van der Waals surface area contributed by atoms with Crippen LogP contribution in [0.4, 0.5) is 8.78 Å². The number of likely N-dealkylation sites (tertiary alicyclic amines) is 1. The largest absolute Gasteiger partial charge is 0.310 e. The molecule has 1 aliphatic heterocycles. The fourth-order valence-electron chi connectivity index (χ4n) is 3.06. The van der Waals surface area contributed by atoms with E-state index < -0.39 is 11.6 Å². The lowest BCUT2D eigenvalue weighted by Crippen LogP contribution is -2.39. The minimum absolute atomic E-state index is 0.167. The molecule has 1 heterocycles. The van der Waals surface area contributed by atoms with Gasteiger partial charge in [-0.2, -0.15) is 0 Å². The number of hydrogen-bond acceptors (Lipinski definition) is 2. The van der Waals surface area contributed by atoms with Crippen LogP contribution >= 0.6 is 0 Å². The van der Waals surface area contributed by atoms with Crippen LogP contribution in [0.25, 0.3) is 0 Å². The maximum absolute atomic E-state index is 13.7. The fourth-order valence-corrected chi connectivity index (χ4v) is 3.06. The molecule has 1 fully saturated rings. The summed E-state index contributed by atoms with van der Waals surface area (Å²) in [5, 5.41) is 3.29. The molecule has 1 aliphatic rings. The zero-order chi connectivity index (χ0) is 15.2. The summed E-state index contributed by atoms with van der Waals surface area (Å²) in [6.45, 7) is 7.25. The fraction of sp³-hybridized carbons (Fsp3) is 0.647. The summed E-state index contributed by atoms with van der Waals surface area (Å²) in [4.78, 5) is 2.53. The highest BCUT2D eigenvalue weighted by atomic mass is 19.2. The Morgan fingerprint density at radius 1 is 1.33 bits per heavy atom. The molecular weight excluding hydrogens is 270 g/mol. The van der Waals surface area contributed by atoms with Gasteiger partial charge in [0.25, 0.3) is 0 Å². The molecule has 1 aromatic rings. The highest BCUT2D eigenvalue weighted by Crippen LogP contribution is 2.19. The Balaban J connectivity index is 1.74. The smallest absolute Gasteiger partial charge is 0.163 e. The second-order valence-corrected chi connectivity index (χ2v) is 6.05. The van der Waals surface area contributed by atoms with E-state index in [0.29, 0.717) is 11.6 Å². The van der Waals surface area contributed by atoms with Gasteiger partial charge in [-0.1, -0.05) is 18.6 Å². The van der Waals surface area contributed by atoms with Crippen molar-refractivity contribution in [3.8, 4) is 0 Å². The summed E-state index contributed by atoms with van der Waals surface area (Å²) >= 11 is 0. The van der Waals surface area contributed by atoms with E-state index in [1.807, 2.05) is 6.92 Å². The van der Waals surface area contributed by atoms with E-state index in [2.05, 4.69) is 17.1 Å². The molecule has 2 nitrogen and oxygen atoms in total. The van der Waals surface area contributed by atoms with Gasteiger partial charge in [0.1, 0.15) is 0 Å². The standard InChI is InChI=1S/C17H26F2N2/c1-13-7-3-4-11-21(13)12-6-10-20-14(2)15-8-5-9-16(18)17(15)19/h5,8-9,13-14,20H,3-4,6-7,10-12H2,1-2H3. The summed E-state index contributed by atoms with van der Waals surface area (Å²) in [7, 11) is 0. The molecule has 0 amide bonds. The normalized spacial score (nSPS) is 21.4. The van der Waals surface area contributed by atoms with Gasteiger partial charge in [-0.25, -0.2) is 8.78 Å². The van der Waals surface area contributed by atoms with E-state index in [1.165, 1.54) is 25.8 Å². The Morgan fingerprint density at radius 3 is 2.90 bits per heavy atom. The average molecular weight is 296 g/mol. The van der Waals surface area contributed by atoms with Crippen molar-refractivity contribution in [2.24, 2.45) is 0 Å². The predicted molar refractivity (Wildman–Crippen MR) is 82.3 cm³/mol. The molecular formula is C17H26F2N2. The summed E-state index contributed by atoms with van der Waals surface area (Å²) in [5.74, 6) is -1.51. The zero-order valence-corrected chi connectivity index (χ0v) is 13.0. The molecule has 4 heteroatoms. The van der Waals surface area contributed by atoms with Gasteiger partial charge in [0, 0.05) is 17.6 Å². The van der Waals surface area contributed by atoms with Crippen LogP contribution in [0.2, 0.25) is 0 Å². The Labute approximate surface area is 126 Å². The van der Waals surface area contributed by atoms with E-state index in [0.717, 1.165) is 25.6 Å². The van der Waals surface area contributed by atoms with Gasteiger partial charge in [0.2, 0.25) is 0 Å². The summed E-state index contributed by atoms with van der Waals surface area (Å²) in [6.07, 6.45) is 4.96. The maximum atomic E-state index is 13.7. The van der Waals surface area contributed by atoms with Gasteiger partial charge < -0.3 is 10.2 Å². The first-order valence-corrected chi connectivity index (χ1v) is 8.01. The highest BCUT2D eigenvalue weighted by Gasteiger charge is 2.17. The Morgan fingerprint density at radius 2 is 2.14 bits per heavy atom. The molecule has 1 aromatic carbocycles. The van der Waals surface area contributed by atoms with E-state index in [4.69, 9.17) is 0 Å². The van der Waals surface area contributed by atoms with Crippen LogP contribution in [0.1, 0.15) is 51.1 Å². The number of halogens is 2. The number of piperidine rings is 1. The minimum Gasteiger partial charge on any atom is -0.310 e.